The Morgan fingerprint density at radius 1 is 1.20 bits per heavy atom. The number of piperidine rings is 1. The second-order valence-electron chi connectivity index (χ2n) is 7.79. The number of likely N-dealkylation sites (tertiary alicyclic amines) is 1. The highest BCUT2D eigenvalue weighted by atomic mass is 35.5. The van der Waals surface area contributed by atoms with Gasteiger partial charge in [0.15, 0.2) is 0 Å². The number of benzene rings is 1. The van der Waals surface area contributed by atoms with E-state index in [2.05, 4.69) is 16.0 Å². The third kappa shape index (κ3) is 6.96. The summed E-state index contributed by atoms with van der Waals surface area (Å²) in [6.07, 6.45) is 2.03. The molecule has 1 aromatic carbocycles. The van der Waals surface area contributed by atoms with E-state index in [1.165, 1.54) is 17.7 Å². The first-order valence-corrected chi connectivity index (χ1v) is 11.6. The molecule has 0 spiro atoms. The molecule has 2 heterocycles. The zero-order chi connectivity index (χ0) is 21.1. The number of halogens is 4. The standard InChI is InChI=1S/C21H25F3N2O2S.ClH/c1-29(27,28)15-20(21(22,23)24)17-8-6-16(7-9-17)13-26-11-3-5-19(14-26)18-4-2-10-25-12-18;/h2,4,6-10,12,19-20H,3,5,11,13-15H2,1H3;1H/t19?,20-;/m0./s1. The molecule has 4 nitrogen and oxygen atoms in total. The minimum Gasteiger partial charge on any atom is -0.298 e. The van der Waals surface area contributed by atoms with E-state index < -0.39 is 27.7 Å². The van der Waals surface area contributed by atoms with Crippen molar-refractivity contribution in [3.05, 3.63) is 65.5 Å². The quantitative estimate of drug-likeness (QED) is 0.630. The minimum atomic E-state index is -4.60. The smallest absolute Gasteiger partial charge is 0.298 e. The Kier molecular flexibility index (Phi) is 8.30. The molecule has 1 saturated heterocycles. The maximum atomic E-state index is 13.3. The van der Waals surface area contributed by atoms with Gasteiger partial charge in [0.1, 0.15) is 9.84 Å². The van der Waals surface area contributed by atoms with E-state index >= 15 is 0 Å². The van der Waals surface area contributed by atoms with Crippen LogP contribution < -0.4 is 0 Å². The summed E-state index contributed by atoms with van der Waals surface area (Å²) in [5, 5.41) is 0. The van der Waals surface area contributed by atoms with Gasteiger partial charge in [-0.15, -0.1) is 12.4 Å². The molecule has 166 valence electrons. The maximum Gasteiger partial charge on any atom is 0.396 e. The predicted molar refractivity (Wildman–Crippen MR) is 114 cm³/mol. The molecular weight excluding hydrogens is 437 g/mol. The summed E-state index contributed by atoms with van der Waals surface area (Å²) >= 11 is 0. The Balaban J connectivity index is 0.00000320. The molecule has 1 aliphatic heterocycles. The van der Waals surface area contributed by atoms with E-state index in [0.29, 0.717) is 12.5 Å². The van der Waals surface area contributed by atoms with Crippen LogP contribution >= 0.6 is 12.4 Å². The molecule has 0 aliphatic carbocycles. The van der Waals surface area contributed by atoms with E-state index in [0.717, 1.165) is 37.8 Å². The average Bonchev–Trinajstić information content (AvgIpc) is 2.66. The molecule has 1 aliphatic rings. The van der Waals surface area contributed by atoms with Crippen molar-refractivity contribution in [2.45, 2.75) is 37.4 Å². The van der Waals surface area contributed by atoms with Crippen LogP contribution in [0.1, 0.15) is 41.4 Å². The van der Waals surface area contributed by atoms with Crippen LogP contribution in [0, 0.1) is 0 Å². The summed E-state index contributed by atoms with van der Waals surface area (Å²) in [6, 6.07) is 10.2. The van der Waals surface area contributed by atoms with Gasteiger partial charge in [0.25, 0.3) is 0 Å². The number of hydrogen-bond acceptors (Lipinski definition) is 4. The van der Waals surface area contributed by atoms with E-state index in [9.17, 15) is 21.6 Å². The number of aromatic nitrogens is 1. The number of pyridine rings is 1. The number of alkyl halides is 3. The molecule has 3 rings (SSSR count). The molecule has 9 heteroatoms. The zero-order valence-corrected chi connectivity index (χ0v) is 18.3. The van der Waals surface area contributed by atoms with Gasteiger partial charge >= 0.3 is 6.18 Å². The summed E-state index contributed by atoms with van der Waals surface area (Å²) in [7, 11) is -3.75. The van der Waals surface area contributed by atoms with Crippen molar-refractivity contribution in [1.29, 1.82) is 0 Å². The van der Waals surface area contributed by atoms with Crippen LogP contribution in [0.3, 0.4) is 0 Å². The SMILES string of the molecule is CS(=O)(=O)C[C@@H](c1ccc(CN2CCCC(c3cccnc3)C2)cc1)C(F)(F)F.Cl. The zero-order valence-electron chi connectivity index (χ0n) is 16.7. The van der Waals surface area contributed by atoms with Crippen LogP contribution in [0.15, 0.2) is 48.8 Å². The Bertz CT molecular complexity index is 906. The minimum absolute atomic E-state index is 0. The molecule has 0 saturated carbocycles. The van der Waals surface area contributed by atoms with Crippen LogP contribution in [0.25, 0.3) is 0 Å². The second-order valence-corrected chi connectivity index (χ2v) is 9.97. The van der Waals surface area contributed by atoms with Gasteiger partial charge in [0, 0.05) is 31.7 Å². The van der Waals surface area contributed by atoms with Gasteiger partial charge in [-0.3, -0.25) is 9.88 Å². The normalized spacial score (nSPS) is 19.1. The van der Waals surface area contributed by atoms with Crippen molar-refractivity contribution in [3.8, 4) is 0 Å². The predicted octanol–water partition coefficient (Wildman–Crippen LogP) is 4.57. The van der Waals surface area contributed by atoms with Crippen molar-refractivity contribution in [1.82, 2.24) is 9.88 Å². The van der Waals surface area contributed by atoms with Crippen LogP contribution in [0.2, 0.25) is 0 Å². The van der Waals surface area contributed by atoms with Gasteiger partial charge in [-0.2, -0.15) is 13.2 Å². The van der Waals surface area contributed by atoms with E-state index in [1.807, 2.05) is 12.3 Å². The summed E-state index contributed by atoms with van der Waals surface area (Å²) < 4.78 is 62.9. The number of sulfone groups is 1. The largest absolute Gasteiger partial charge is 0.396 e. The molecule has 0 radical (unpaired) electrons. The first-order valence-electron chi connectivity index (χ1n) is 9.57. The highest BCUT2D eigenvalue weighted by Gasteiger charge is 2.42. The first-order chi connectivity index (χ1) is 13.6. The topological polar surface area (TPSA) is 50.3 Å². The van der Waals surface area contributed by atoms with Crippen molar-refractivity contribution in [3.63, 3.8) is 0 Å². The van der Waals surface area contributed by atoms with Gasteiger partial charge in [-0.25, -0.2) is 8.42 Å². The molecule has 1 unspecified atom stereocenters. The fourth-order valence-electron chi connectivity index (χ4n) is 3.88. The maximum absolute atomic E-state index is 13.3. The lowest BCUT2D eigenvalue weighted by Crippen LogP contribution is -2.34. The molecule has 1 fully saturated rings. The molecule has 0 bridgehead atoms. The summed E-state index contributed by atoms with van der Waals surface area (Å²) in [5.41, 5.74) is 2.11. The summed E-state index contributed by atoms with van der Waals surface area (Å²) in [5.74, 6) is -2.54. The molecule has 0 amide bonds. The van der Waals surface area contributed by atoms with Gasteiger partial charge in [-0.05, 0) is 48.1 Å². The molecule has 2 aromatic rings. The number of hydrogen-bond donors (Lipinski definition) is 0. The highest BCUT2D eigenvalue weighted by molar-refractivity contribution is 7.90. The molecule has 30 heavy (non-hydrogen) atoms. The third-order valence-electron chi connectivity index (χ3n) is 5.31. The Hall–Kier alpha value is -1.64. The molecular formula is C21H26ClF3N2O2S. The van der Waals surface area contributed by atoms with Gasteiger partial charge in [0.05, 0.1) is 11.7 Å². The Morgan fingerprint density at radius 3 is 2.47 bits per heavy atom. The Morgan fingerprint density at radius 2 is 1.90 bits per heavy atom. The van der Waals surface area contributed by atoms with Gasteiger partial charge < -0.3 is 0 Å². The highest BCUT2D eigenvalue weighted by Crippen LogP contribution is 2.36. The lowest BCUT2D eigenvalue weighted by molar-refractivity contribution is -0.145. The lowest BCUT2D eigenvalue weighted by Gasteiger charge is -2.33. The molecule has 1 aromatic heterocycles. The van der Waals surface area contributed by atoms with Crippen molar-refractivity contribution >= 4 is 22.2 Å². The fraction of sp³-hybridized carbons (Fsp3) is 0.476. The van der Waals surface area contributed by atoms with Gasteiger partial charge in [0.2, 0.25) is 0 Å². The van der Waals surface area contributed by atoms with Crippen LogP contribution in [-0.4, -0.2) is 49.6 Å². The van der Waals surface area contributed by atoms with Crippen molar-refractivity contribution in [2.75, 3.05) is 25.1 Å². The summed E-state index contributed by atoms with van der Waals surface area (Å²) in [4.78, 5) is 6.49. The first kappa shape index (κ1) is 24.6. The van der Waals surface area contributed by atoms with Crippen LogP contribution in [-0.2, 0) is 16.4 Å². The Labute approximate surface area is 181 Å². The molecule has 0 N–H and O–H groups in total. The fourth-order valence-corrected chi connectivity index (χ4v) is 4.87. The average molecular weight is 463 g/mol. The second kappa shape index (κ2) is 10.1. The summed E-state index contributed by atoms with van der Waals surface area (Å²) in [6.45, 7) is 2.48. The van der Waals surface area contributed by atoms with Crippen LogP contribution in [0.4, 0.5) is 13.2 Å². The van der Waals surface area contributed by atoms with Crippen LogP contribution in [0.5, 0.6) is 0 Å². The number of rotatable bonds is 6. The molecule has 2 atom stereocenters. The van der Waals surface area contributed by atoms with Crippen molar-refractivity contribution < 1.29 is 21.6 Å². The number of nitrogens with zero attached hydrogens (tertiary/aromatic N) is 2. The third-order valence-corrected chi connectivity index (χ3v) is 6.25. The monoisotopic (exact) mass is 462 g/mol. The van der Waals surface area contributed by atoms with E-state index in [-0.39, 0.29) is 18.0 Å². The van der Waals surface area contributed by atoms with Crippen molar-refractivity contribution in [2.24, 2.45) is 0 Å². The van der Waals surface area contributed by atoms with E-state index in [4.69, 9.17) is 0 Å². The lowest BCUT2D eigenvalue weighted by atomic mass is 9.91. The van der Waals surface area contributed by atoms with E-state index in [1.54, 1.807) is 18.3 Å². The van der Waals surface area contributed by atoms with Gasteiger partial charge in [-0.1, -0.05) is 30.3 Å².